The Morgan fingerprint density at radius 3 is 1.71 bits per heavy atom. The maximum Gasteiger partial charge on any atom is 0.237 e. The molecule has 0 radical (unpaired) electrons. The fourth-order valence-corrected chi connectivity index (χ4v) is 4.19. The van der Waals surface area contributed by atoms with Crippen molar-refractivity contribution in [2.45, 2.75) is 10.3 Å². The van der Waals surface area contributed by atoms with Gasteiger partial charge in [0.1, 0.15) is 11.5 Å². The zero-order valence-corrected chi connectivity index (χ0v) is 18.4. The number of amides is 2. The molecule has 0 aliphatic carbocycles. The van der Waals surface area contributed by atoms with Crippen molar-refractivity contribution in [3.63, 3.8) is 0 Å². The number of methoxy groups -OCH3 is 2. The summed E-state index contributed by atoms with van der Waals surface area (Å²) in [6.45, 7) is 0. The van der Waals surface area contributed by atoms with Crippen LogP contribution in [0.1, 0.15) is 0 Å². The van der Waals surface area contributed by atoms with Crippen molar-refractivity contribution < 1.29 is 19.1 Å². The van der Waals surface area contributed by atoms with E-state index in [1.165, 1.54) is 23.5 Å². The molecule has 4 aromatic rings. The van der Waals surface area contributed by atoms with Gasteiger partial charge in [0.15, 0.2) is 10.3 Å². The van der Waals surface area contributed by atoms with Crippen molar-refractivity contribution in [3.8, 4) is 11.5 Å². The average Bonchev–Trinajstić information content (AvgIpc) is 3.38. The highest BCUT2D eigenvalue weighted by atomic mass is 32.2. The standard InChI is InChI=1S/C20H19N5O4S2/c1-28-11-3-5-13-15(7-11)23-19(21-13)30-9-17(26)25-18(27)10-31-20-22-14-6-4-12(29-2)8-16(14)24-20/h3-8H,9-10H2,1-2H3,(H,21,23)(H,22,24)(H,25,26,27). The van der Waals surface area contributed by atoms with E-state index in [-0.39, 0.29) is 23.3 Å². The van der Waals surface area contributed by atoms with Crippen LogP contribution in [0.25, 0.3) is 22.1 Å². The number of aromatic nitrogens is 4. The number of fused-ring (bicyclic) bond motifs is 2. The number of nitrogens with zero attached hydrogens (tertiary/aromatic N) is 2. The van der Waals surface area contributed by atoms with Crippen LogP contribution in [0.3, 0.4) is 0 Å². The summed E-state index contributed by atoms with van der Waals surface area (Å²) in [5.41, 5.74) is 3.19. The smallest absolute Gasteiger partial charge is 0.237 e. The first-order chi connectivity index (χ1) is 15.0. The normalized spacial score (nSPS) is 11.0. The highest BCUT2D eigenvalue weighted by Crippen LogP contribution is 2.24. The lowest BCUT2D eigenvalue weighted by molar-refractivity contribution is -0.127. The van der Waals surface area contributed by atoms with Gasteiger partial charge < -0.3 is 19.4 Å². The number of thioether (sulfide) groups is 2. The second-order valence-electron chi connectivity index (χ2n) is 6.40. The van der Waals surface area contributed by atoms with Crippen molar-refractivity contribution in [1.29, 1.82) is 0 Å². The Hall–Kier alpha value is -3.18. The third-order valence-electron chi connectivity index (χ3n) is 4.29. The first-order valence-electron chi connectivity index (χ1n) is 9.20. The molecule has 2 aromatic heterocycles. The largest absolute Gasteiger partial charge is 0.497 e. The first kappa shape index (κ1) is 21.1. The Morgan fingerprint density at radius 1 is 0.839 bits per heavy atom. The number of carbonyl (C=O) groups excluding carboxylic acids is 2. The van der Waals surface area contributed by atoms with E-state index < -0.39 is 0 Å². The summed E-state index contributed by atoms with van der Waals surface area (Å²) in [6, 6.07) is 11.0. The number of ether oxygens (including phenoxy) is 2. The van der Waals surface area contributed by atoms with Gasteiger partial charge in [-0.25, -0.2) is 9.97 Å². The van der Waals surface area contributed by atoms with Gasteiger partial charge in [0, 0.05) is 12.1 Å². The summed E-state index contributed by atoms with van der Waals surface area (Å²) in [5.74, 6) is 0.801. The number of hydrogen-bond donors (Lipinski definition) is 3. The van der Waals surface area contributed by atoms with E-state index in [0.717, 1.165) is 33.6 Å². The summed E-state index contributed by atoms with van der Waals surface area (Å²) >= 11 is 2.44. The molecule has 0 saturated carbocycles. The van der Waals surface area contributed by atoms with Crippen LogP contribution >= 0.6 is 23.5 Å². The van der Waals surface area contributed by atoms with Gasteiger partial charge in [0.25, 0.3) is 0 Å². The van der Waals surface area contributed by atoms with Crippen LogP contribution in [0, 0.1) is 0 Å². The molecule has 0 atom stereocenters. The van der Waals surface area contributed by atoms with Gasteiger partial charge in [0.05, 0.1) is 47.8 Å². The predicted molar refractivity (Wildman–Crippen MR) is 120 cm³/mol. The topological polar surface area (TPSA) is 122 Å². The summed E-state index contributed by atoms with van der Waals surface area (Å²) in [5, 5.41) is 3.57. The number of aromatic amines is 2. The quantitative estimate of drug-likeness (QED) is 0.345. The maximum absolute atomic E-state index is 12.1. The Kier molecular flexibility index (Phi) is 6.33. The molecule has 4 rings (SSSR count). The molecule has 0 unspecified atom stereocenters. The number of carbonyl (C=O) groups is 2. The maximum atomic E-state index is 12.1. The number of imide groups is 1. The molecule has 9 nitrogen and oxygen atoms in total. The highest BCUT2D eigenvalue weighted by Gasteiger charge is 2.13. The molecule has 0 bridgehead atoms. The second-order valence-corrected chi connectivity index (χ2v) is 8.33. The number of H-pyrrole nitrogens is 2. The van der Waals surface area contributed by atoms with Crippen LogP contribution in [0.5, 0.6) is 11.5 Å². The Labute approximate surface area is 185 Å². The second kappa shape index (κ2) is 9.31. The van der Waals surface area contributed by atoms with Gasteiger partial charge in [-0.2, -0.15) is 0 Å². The van der Waals surface area contributed by atoms with Crippen LogP contribution in [0.2, 0.25) is 0 Å². The summed E-state index contributed by atoms with van der Waals surface area (Å²) in [6.07, 6.45) is 0. The van der Waals surface area contributed by atoms with Crippen molar-refractivity contribution >= 4 is 57.4 Å². The van der Waals surface area contributed by atoms with Crippen LogP contribution in [-0.2, 0) is 9.59 Å². The van der Waals surface area contributed by atoms with Gasteiger partial charge >= 0.3 is 0 Å². The molecule has 160 valence electrons. The van der Waals surface area contributed by atoms with Crippen molar-refractivity contribution in [3.05, 3.63) is 36.4 Å². The minimum Gasteiger partial charge on any atom is -0.497 e. The number of hydrogen-bond acceptors (Lipinski definition) is 8. The van der Waals surface area contributed by atoms with Gasteiger partial charge in [-0.05, 0) is 24.3 Å². The monoisotopic (exact) mass is 457 g/mol. The predicted octanol–water partition coefficient (Wildman–Crippen LogP) is 2.98. The number of nitrogens with one attached hydrogen (secondary N) is 3. The van der Waals surface area contributed by atoms with Crippen LogP contribution in [-0.4, -0.2) is 57.5 Å². The van der Waals surface area contributed by atoms with Crippen molar-refractivity contribution in [2.75, 3.05) is 25.7 Å². The lowest BCUT2D eigenvalue weighted by atomic mass is 10.3. The molecule has 11 heteroatoms. The SMILES string of the molecule is COc1ccc2nc(SCC(=O)NC(=O)CSc3nc4ccc(OC)cc4[nH]3)[nH]c2c1. The summed E-state index contributed by atoms with van der Waals surface area (Å²) in [7, 11) is 3.19. The van der Waals surface area contributed by atoms with E-state index >= 15 is 0 Å². The molecular formula is C20H19N5O4S2. The molecule has 3 N–H and O–H groups in total. The molecule has 0 saturated heterocycles. The third-order valence-corrected chi connectivity index (χ3v) is 6.04. The first-order valence-corrected chi connectivity index (χ1v) is 11.2. The van der Waals surface area contributed by atoms with Crippen LogP contribution in [0.15, 0.2) is 46.7 Å². The van der Waals surface area contributed by atoms with Crippen molar-refractivity contribution in [1.82, 2.24) is 25.3 Å². The van der Waals surface area contributed by atoms with Gasteiger partial charge in [0.2, 0.25) is 11.8 Å². The van der Waals surface area contributed by atoms with E-state index in [2.05, 4.69) is 25.3 Å². The average molecular weight is 458 g/mol. The zero-order chi connectivity index (χ0) is 21.8. The number of rotatable bonds is 8. The highest BCUT2D eigenvalue weighted by molar-refractivity contribution is 8.00. The van der Waals surface area contributed by atoms with Crippen molar-refractivity contribution in [2.24, 2.45) is 0 Å². The zero-order valence-electron chi connectivity index (χ0n) is 16.7. The fraction of sp³-hybridized carbons (Fsp3) is 0.200. The van der Waals surface area contributed by atoms with Crippen LogP contribution < -0.4 is 14.8 Å². The Bertz CT molecular complexity index is 1160. The summed E-state index contributed by atoms with van der Waals surface area (Å²) < 4.78 is 10.4. The Balaban J connectivity index is 1.26. The Morgan fingerprint density at radius 2 is 1.29 bits per heavy atom. The van der Waals surface area contributed by atoms with Gasteiger partial charge in [-0.3, -0.25) is 14.9 Å². The number of imidazole rings is 2. The molecular weight excluding hydrogens is 438 g/mol. The minimum absolute atomic E-state index is 0.0673. The lowest BCUT2D eigenvalue weighted by Crippen LogP contribution is -2.33. The molecule has 2 heterocycles. The molecule has 31 heavy (non-hydrogen) atoms. The van der Waals surface area contributed by atoms with Crippen LogP contribution in [0.4, 0.5) is 0 Å². The molecule has 2 aromatic carbocycles. The van der Waals surface area contributed by atoms with E-state index in [0.29, 0.717) is 10.3 Å². The molecule has 2 amide bonds. The lowest BCUT2D eigenvalue weighted by Gasteiger charge is -2.02. The molecule has 0 aliphatic heterocycles. The minimum atomic E-state index is -0.386. The fourth-order valence-electron chi connectivity index (χ4n) is 2.82. The molecule has 0 spiro atoms. The molecule has 0 fully saturated rings. The van der Waals surface area contributed by atoms with E-state index in [1.54, 1.807) is 14.2 Å². The number of benzene rings is 2. The van der Waals surface area contributed by atoms with E-state index in [4.69, 9.17) is 9.47 Å². The molecule has 0 aliphatic rings. The van der Waals surface area contributed by atoms with Gasteiger partial charge in [-0.15, -0.1) is 0 Å². The van der Waals surface area contributed by atoms with E-state index in [9.17, 15) is 9.59 Å². The van der Waals surface area contributed by atoms with Gasteiger partial charge in [-0.1, -0.05) is 23.5 Å². The third kappa shape index (κ3) is 5.12. The van der Waals surface area contributed by atoms with E-state index in [1.807, 2.05) is 36.4 Å². The summed E-state index contributed by atoms with van der Waals surface area (Å²) in [4.78, 5) is 39.3.